The Morgan fingerprint density at radius 1 is 1.57 bits per heavy atom. The van der Waals surface area contributed by atoms with Crippen LogP contribution in [0.1, 0.15) is 0 Å². The van der Waals surface area contributed by atoms with Crippen LogP contribution in [0.25, 0.3) is 0 Å². The summed E-state index contributed by atoms with van der Waals surface area (Å²) in [6.45, 7) is 5.85. The van der Waals surface area contributed by atoms with E-state index in [0.29, 0.717) is 6.61 Å². The number of nitrogens with zero attached hydrogens (tertiary/aromatic N) is 1. The molecule has 0 aromatic carbocycles. The Hall–Kier alpha value is -0.870. The van der Waals surface area contributed by atoms with Gasteiger partial charge in [-0.15, -0.1) is 6.58 Å². The molecule has 76 valence electrons. The summed E-state index contributed by atoms with van der Waals surface area (Å²) in [6.07, 6.45) is 5.24. The molecule has 0 saturated heterocycles. The van der Waals surface area contributed by atoms with Crippen molar-refractivity contribution >= 4 is 15.9 Å². The van der Waals surface area contributed by atoms with Gasteiger partial charge in [-0.05, 0) is 22.0 Å². The highest BCUT2D eigenvalue weighted by molar-refractivity contribution is 9.10. The van der Waals surface area contributed by atoms with Gasteiger partial charge in [0.1, 0.15) is 12.4 Å². The first-order valence-electron chi connectivity index (χ1n) is 4.38. The van der Waals surface area contributed by atoms with E-state index in [1.807, 2.05) is 12.1 Å². The van der Waals surface area contributed by atoms with Gasteiger partial charge in [-0.1, -0.05) is 6.08 Å². The van der Waals surface area contributed by atoms with Crippen LogP contribution in [0.4, 0.5) is 0 Å². The van der Waals surface area contributed by atoms with Gasteiger partial charge in [-0.3, -0.25) is 4.98 Å². The van der Waals surface area contributed by atoms with Crippen LogP contribution in [0.15, 0.2) is 35.6 Å². The van der Waals surface area contributed by atoms with Crippen molar-refractivity contribution in [2.24, 2.45) is 0 Å². The van der Waals surface area contributed by atoms with Crippen LogP contribution in [-0.4, -0.2) is 24.7 Å². The van der Waals surface area contributed by atoms with E-state index < -0.39 is 0 Å². The first kappa shape index (κ1) is 11.2. The highest BCUT2D eigenvalue weighted by Crippen LogP contribution is 2.15. The maximum Gasteiger partial charge on any atom is 0.138 e. The van der Waals surface area contributed by atoms with Crippen LogP contribution in [0.3, 0.4) is 0 Å². The number of pyridine rings is 1. The second-order valence-corrected chi connectivity index (χ2v) is 3.60. The van der Waals surface area contributed by atoms with Crippen LogP contribution >= 0.6 is 15.9 Å². The lowest BCUT2D eigenvalue weighted by atomic mass is 10.5. The van der Waals surface area contributed by atoms with E-state index in [0.717, 1.165) is 23.3 Å². The molecule has 1 aromatic rings. The minimum absolute atomic E-state index is 0.631. The summed E-state index contributed by atoms with van der Waals surface area (Å²) >= 11 is 3.32. The molecule has 0 unspecified atom stereocenters. The zero-order chi connectivity index (χ0) is 10.2. The molecule has 0 amide bonds. The fraction of sp³-hybridized carbons (Fsp3) is 0.300. The predicted octanol–water partition coefficient (Wildman–Crippen LogP) is 2.00. The molecule has 14 heavy (non-hydrogen) atoms. The maximum absolute atomic E-state index is 5.44. The van der Waals surface area contributed by atoms with E-state index in [9.17, 15) is 0 Å². The van der Waals surface area contributed by atoms with E-state index in [-0.39, 0.29) is 0 Å². The number of rotatable bonds is 6. The molecular weight excluding hydrogens is 244 g/mol. The lowest BCUT2D eigenvalue weighted by Gasteiger charge is -2.05. The summed E-state index contributed by atoms with van der Waals surface area (Å²) in [5.74, 6) is 0.778. The molecular formula is C10H13BrN2O. The molecule has 4 heteroatoms. The van der Waals surface area contributed by atoms with Crippen molar-refractivity contribution in [1.82, 2.24) is 10.3 Å². The third kappa shape index (κ3) is 4.39. The monoisotopic (exact) mass is 256 g/mol. The van der Waals surface area contributed by atoms with Gasteiger partial charge in [0.25, 0.3) is 0 Å². The van der Waals surface area contributed by atoms with Gasteiger partial charge >= 0.3 is 0 Å². The maximum atomic E-state index is 5.44. The average Bonchev–Trinajstić information content (AvgIpc) is 2.18. The van der Waals surface area contributed by atoms with E-state index in [1.54, 1.807) is 12.4 Å². The van der Waals surface area contributed by atoms with Gasteiger partial charge in [0, 0.05) is 23.8 Å². The molecule has 0 atom stereocenters. The Morgan fingerprint density at radius 3 is 3.14 bits per heavy atom. The van der Waals surface area contributed by atoms with E-state index in [1.165, 1.54) is 0 Å². The summed E-state index contributed by atoms with van der Waals surface area (Å²) in [6, 6.07) is 1.89. The molecule has 0 spiro atoms. The van der Waals surface area contributed by atoms with Crippen LogP contribution < -0.4 is 10.1 Å². The molecule has 0 aliphatic heterocycles. The zero-order valence-corrected chi connectivity index (χ0v) is 9.46. The number of nitrogens with one attached hydrogen (secondary N) is 1. The predicted molar refractivity (Wildman–Crippen MR) is 60.5 cm³/mol. The fourth-order valence-electron chi connectivity index (χ4n) is 0.916. The largest absolute Gasteiger partial charge is 0.491 e. The summed E-state index contributed by atoms with van der Waals surface area (Å²) in [5, 5.41) is 3.14. The van der Waals surface area contributed by atoms with Gasteiger partial charge in [-0.2, -0.15) is 0 Å². The van der Waals surface area contributed by atoms with E-state index in [4.69, 9.17) is 4.74 Å². The van der Waals surface area contributed by atoms with Crippen molar-refractivity contribution < 1.29 is 4.74 Å². The number of hydrogen-bond acceptors (Lipinski definition) is 3. The molecule has 3 nitrogen and oxygen atoms in total. The minimum atomic E-state index is 0.631. The van der Waals surface area contributed by atoms with Crippen LogP contribution in [0.2, 0.25) is 0 Å². The molecule has 1 N–H and O–H groups in total. The lowest BCUT2D eigenvalue weighted by Crippen LogP contribution is -2.20. The van der Waals surface area contributed by atoms with Crippen molar-refractivity contribution in [3.63, 3.8) is 0 Å². The molecule has 0 saturated carbocycles. The second-order valence-electron chi connectivity index (χ2n) is 2.68. The quantitative estimate of drug-likeness (QED) is 0.625. The smallest absolute Gasteiger partial charge is 0.138 e. The summed E-state index contributed by atoms with van der Waals surface area (Å²) in [5.41, 5.74) is 0. The number of hydrogen-bond donors (Lipinski definition) is 1. The zero-order valence-electron chi connectivity index (χ0n) is 7.87. The molecule has 0 aliphatic rings. The second kappa shape index (κ2) is 6.56. The van der Waals surface area contributed by atoms with Crippen LogP contribution in [-0.2, 0) is 0 Å². The van der Waals surface area contributed by atoms with Gasteiger partial charge in [0.15, 0.2) is 0 Å². The fourth-order valence-corrected chi connectivity index (χ4v) is 1.26. The standard InChI is InChI=1S/C10H13BrN2O/c1-2-3-12-4-5-14-10-6-9(11)7-13-8-10/h2,6-8,12H,1,3-5H2. The highest BCUT2D eigenvalue weighted by Gasteiger charge is 1.94. The third-order valence-corrected chi connectivity index (χ3v) is 1.95. The van der Waals surface area contributed by atoms with Gasteiger partial charge in [0.05, 0.1) is 6.20 Å². The Labute approximate surface area is 92.3 Å². The van der Waals surface area contributed by atoms with Crippen molar-refractivity contribution in [1.29, 1.82) is 0 Å². The van der Waals surface area contributed by atoms with E-state index >= 15 is 0 Å². The van der Waals surface area contributed by atoms with Crippen LogP contribution in [0.5, 0.6) is 5.75 Å². The minimum Gasteiger partial charge on any atom is -0.491 e. The number of halogens is 1. The Bertz CT molecular complexity index is 291. The van der Waals surface area contributed by atoms with Crippen LogP contribution in [0, 0.1) is 0 Å². The van der Waals surface area contributed by atoms with Gasteiger partial charge < -0.3 is 10.1 Å². The molecule has 0 aliphatic carbocycles. The topological polar surface area (TPSA) is 34.1 Å². The van der Waals surface area contributed by atoms with Gasteiger partial charge in [-0.25, -0.2) is 0 Å². The molecule has 1 heterocycles. The summed E-state index contributed by atoms with van der Waals surface area (Å²) in [4.78, 5) is 3.99. The SMILES string of the molecule is C=CCNCCOc1cncc(Br)c1. The molecule has 1 aromatic heterocycles. The Morgan fingerprint density at radius 2 is 2.43 bits per heavy atom. The average molecular weight is 257 g/mol. The number of ether oxygens (including phenoxy) is 1. The Kier molecular flexibility index (Phi) is 5.25. The lowest BCUT2D eigenvalue weighted by molar-refractivity contribution is 0.315. The van der Waals surface area contributed by atoms with Crippen molar-refractivity contribution in [3.8, 4) is 5.75 Å². The first-order chi connectivity index (χ1) is 6.83. The normalized spacial score (nSPS) is 9.79. The van der Waals surface area contributed by atoms with Crippen molar-refractivity contribution in [2.45, 2.75) is 0 Å². The Balaban J connectivity index is 2.21. The molecule has 0 fully saturated rings. The molecule has 1 rings (SSSR count). The summed E-state index contributed by atoms with van der Waals surface area (Å²) < 4.78 is 6.37. The third-order valence-electron chi connectivity index (χ3n) is 1.52. The highest BCUT2D eigenvalue weighted by atomic mass is 79.9. The van der Waals surface area contributed by atoms with Crippen molar-refractivity contribution in [3.05, 3.63) is 35.6 Å². The number of aromatic nitrogens is 1. The first-order valence-corrected chi connectivity index (χ1v) is 5.17. The van der Waals surface area contributed by atoms with E-state index in [2.05, 4.69) is 32.8 Å². The molecule has 0 bridgehead atoms. The molecule has 0 radical (unpaired) electrons. The summed E-state index contributed by atoms with van der Waals surface area (Å²) in [7, 11) is 0. The van der Waals surface area contributed by atoms with Gasteiger partial charge in [0.2, 0.25) is 0 Å². The van der Waals surface area contributed by atoms with Crippen molar-refractivity contribution in [2.75, 3.05) is 19.7 Å².